The summed E-state index contributed by atoms with van der Waals surface area (Å²) in [6, 6.07) is 11.5. The maximum atomic E-state index is 3.80. The maximum Gasteiger partial charge on any atom is 0.159 e. The van der Waals surface area contributed by atoms with Gasteiger partial charge in [0.2, 0.25) is 0 Å². The molecular formula is C14H23NSi. The van der Waals surface area contributed by atoms with Crippen molar-refractivity contribution in [3.8, 4) is 0 Å². The first-order valence-corrected chi connectivity index (χ1v) is 8.37. The fraction of sp³-hybridized carbons (Fsp3) is 0.429. The molecule has 0 saturated heterocycles. The van der Waals surface area contributed by atoms with Crippen LogP contribution in [-0.2, 0) is 0 Å². The summed E-state index contributed by atoms with van der Waals surface area (Å²) in [5, 5.41) is 1.54. The van der Waals surface area contributed by atoms with Crippen LogP contribution in [0.4, 0.5) is 0 Å². The third-order valence-corrected chi connectivity index (χ3v) is 9.17. The second-order valence-electron chi connectivity index (χ2n) is 4.46. The summed E-state index contributed by atoms with van der Waals surface area (Å²) < 4.78 is 2.47. The number of hydrogen-bond donors (Lipinski definition) is 0. The van der Waals surface area contributed by atoms with E-state index in [0.717, 1.165) is 0 Å². The van der Waals surface area contributed by atoms with Gasteiger partial charge in [0, 0.05) is 0 Å². The van der Waals surface area contributed by atoms with Crippen LogP contribution in [0.3, 0.4) is 0 Å². The number of rotatable bonds is 5. The Kier molecular flexibility index (Phi) is 4.51. The molecule has 0 N–H and O–H groups in total. The molecule has 0 heterocycles. The molecule has 0 unspecified atom stereocenters. The van der Waals surface area contributed by atoms with Crippen molar-refractivity contribution < 1.29 is 0 Å². The molecule has 1 rings (SSSR count). The van der Waals surface area contributed by atoms with Crippen LogP contribution in [0.2, 0.25) is 12.1 Å². The Hall–Kier alpha value is -0.863. The molecule has 0 bridgehead atoms. The van der Waals surface area contributed by atoms with Crippen LogP contribution < -0.4 is 5.19 Å². The predicted octanol–water partition coefficient (Wildman–Crippen LogP) is 3.08. The lowest BCUT2D eigenvalue weighted by molar-refractivity contribution is 0.617. The predicted molar refractivity (Wildman–Crippen MR) is 76.6 cm³/mol. The lowest BCUT2D eigenvalue weighted by Crippen LogP contribution is -2.58. The van der Waals surface area contributed by atoms with Gasteiger partial charge in [-0.3, -0.25) is 0 Å². The molecule has 2 heteroatoms. The SMILES string of the molecule is C=Cc1ccc([Si](CC)(CC)N(C)C)cc1. The van der Waals surface area contributed by atoms with Crippen molar-refractivity contribution in [3.63, 3.8) is 0 Å². The van der Waals surface area contributed by atoms with E-state index in [1.54, 1.807) is 0 Å². The molecule has 16 heavy (non-hydrogen) atoms. The van der Waals surface area contributed by atoms with E-state index < -0.39 is 8.24 Å². The molecule has 0 saturated carbocycles. The van der Waals surface area contributed by atoms with E-state index in [0.29, 0.717) is 0 Å². The average Bonchev–Trinajstić information content (AvgIpc) is 2.32. The van der Waals surface area contributed by atoms with Gasteiger partial charge in [-0.2, -0.15) is 0 Å². The van der Waals surface area contributed by atoms with Crippen molar-refractivity contribution >= 4 is 19.5 Å². The van der Waals surface area contributed by atoms with Gasteiger partial charge in [0.25, 0.3) is 0 Å². The molecule has 0 aliphatic heterocycles. The highest BCUT2D eigenvalue weighted by atomic mass is 28.3. The van der Waals surface area contributed by atoms with Gasteiger partial charge in [0.05, 0.1) is 0 Å². The van der Waals surface area contributed by atoms with Gasteiger partial charge in [-0.25, -0.2) is 0 Å². The van der Waals surface area contributed by atoms with Crippen molar-refractivity contribution in [3.05, 3.63) is 36.4 Å². The summed E-state index contributed by atoms with van der Waals surface area (Å²) in [4.78, 5) is 0. The van der Waals surface area contributed by atoms with Crippen molar-refractivity contribution in [2.75, 3.05) is 14.1 Å². The van der Waals surface area contributed by atoms with Crippen LogP contribution in [0.1, 0.15) is 19.4 Å². The topological polar surface area (TPSA) is 3.24 Å². The van der Waals surface area contributed by atoms with Gasteiger partial charge in [-0.1, -0.05) is 50.8 Å². The fourth-order valence-electron chi connectivity index (χ4n) is 2.48. The summed E-state index contributed by atoms with van der Waals surface area (Å²) >= 11 is 0. The van der Waals surface area contributed by atoms with Crippen molar-refractivity contribution in [1.82, 2.24) is 4.57 Å². The first kappa shape index (κ1) is 13.2. The fourth-order valence-corrected chi connectivity index (χ4v) is 6.36. The lowest BCUT2D eigenvalue weighted by atomic mass is 10.2. The third kappa shape index (κ3) is 2.28. The standard InChI is InChI=1S/C14H23NSi/c1-6-13-9-11-14(12-10-13)16(7-2,8-3)15(4)5/h6,9-12H,1,7-8H2,2-5H3. The zero-order valence-electron chi connectivity index (χ0n) is 11.0. The summed E-state index contributed by atoms with van der Waals surface area (Å²) in [7, 11) is 3.01. The molecular weight excluding hydrogens is 210 g/mol. The molecule has 0 amide bonds. The Labute approximate surface area is 101 Å². The molecule has 0 aliphatic carbocycles. The molecule has 0 fully saturated rings. The van der Waals surface area contributed by atoms with Crippen LogP contribution >= 0.6 is 0 Å². The Morgan fingerprint density at radius 3 is 1.94 bits per heavy atom. The molecule has 0 spiro atoms. The summed E-state index contributed by atoms with van der Waals surface area (Å²) in [6.45, 7) is 8.43. The largest absolute Gasteiger partial charge is 0.325 e. The van der Waals surface area contributed by atoms with Gasteiger partial charge in [-0.15, -0.1) is 0 Å². The molecule has 0 atom stereocenters. The summed E-state index contributed by atoms with van der Waals surface area (Å²) in [5.74, 6) is 0. The zero-order chi connectivity index (χ0) is 12.2. The molecule has 0 aromatic heterocycles. The highest BCUT2D eigenvalue weighted by molar-refractivity contribution is 6.89. The van der Waals surface area contributed by atoms with Crippen molar-refractivity contribution in [2.45, 2.75) is 25.9 Å². The zero-order valence-corrected chi connectivity index (χ0v) is 12.0. The maximum absolute atomic E-state index is 3.80. The molecule has 1 nitrogen and oxygen atoms in total. The Balaban J connectivity index is 3.15. The Bertz CT molecular complexity index is 336. The summed E-state index contributed by atoms with van der Waals surface area (Å²) in [6.07, 6.45) is 1.90. The highest BCUT2D eigenvalue weighted by Gasteiger charge is 2.33. The van der Waals surface area contributed by atoms with Crippen LogP contribution in [0, 0.1) is 0 Å². The third-order valence-electron chi connectivity index (χ3n) is 3.71. The molecule has 1 aromatic rings. The Morgan fingerprint density at radius 1 is 1.12 bits per heavy atom. The van der Waals surface area contributed by atoms with E-state index >= 15 is 0 Å². The first-order chi connectivity index (χ1) is 7.60. The van der Waals surface area contributed by atoms with Crippen LogP contribution in [0.25, 0.3) is 6.08 Å². The second-order valence-corrected chi connectivity index (χ2v) is 9.41. The quantitative estimate of drug-likeness (QED) is 0.707. The molecule has 0 aliphatic rings. The van der Waals surface area contributed by atoms with Gasteiger partial charge < -0.3 is 4.57 Å². The van der Waals surface area contributed by atoms with E-state index in [9.17, 15) is 0 Å². The number of hydrogen-bond acceptors (Lipinski definition) is 1. The monoisotopic (exact) mass is 233 g/mol. The summed E-state index contributed by atoms with van der Waals surface area (Å²) in [5.41, 5.74) is 1.21. The van der Waals surface area contributed by atoms with E-state index in [1.807, 2.05) is 6.08 Å². The second kappa shape index (κ2) is 5.46. The minimum Gasteiger partial charge on any atom is -0.325 e. The van der Waals surface area contributed by atoms with E-state index in [4.69, 9.17) is 0 Å². The lowest BCUT2D eigenvalue weighted by Gasteiger charge is -2.36. The average molecular weight is 233 g/mol. The van der Waals surface area contributed by atoms with Gasteiger partial charge >= 0.3 is 0 Å². The number of benzene rings is 1. The molecule has 0 radical (unpaired) electrons. The minimum atomic E-state index is -1.43. The smallest absolute Gasteiger partial charge is 0.159 e. The van der Waals surface area contributed by atoms with E-state index in [2.05, 4.69) is 63.4 Å². The van der Waals surface area contributed by atoms with E-state index in [-0.39, 0.29) is 0 Å². The Morgan fingerprint density at radius 2 is 1.62 bits per heavy atom. The molecule has 88 valence electrons. The first-order valence-electron chi connectivity index (χ1n) is 6.01. The normalized spacial score (nSPS) is 11.8. The van der Waals surface area contributed by atoms with Crippen molar-refractivity contribution in [1.29, 1.82) is 0 Å². The number of nitrogens with zero attached hydrogens (tertiary/aromatic N) is 1. The molecule has 1 aromatic carbocycles. The van der Waals surface area contributed by atoms with Crippen LogP contribution in [-0.4, -0.2) is 26.9 Å². The van der Waals surface area contributed by atoms with Crippen LogP contribution in [0.5, 0.6) is 0 Å². The highest BCUT2D eigenvalue weighted by Crippen LogP contribution is 2.18. The minimum absolute atomic E-state index is 1.21. The van der Waals surface area contributed by atoms with Gasteiger partial charge in [0.15, 0.2) is 8.24 Å². The van der Waals surface area contributed by atoms with Crippen LogP contribution in [0.15, 0.2) is 30.8 Å². The van der Waals surface area contributed by atoms with E-state index in [1.165, 1.54) is 22.8 Å². The van der Waals surface area contributed by atoms with Crippen molar-refractivity contribution in [2.24, 2.45) is 0 Å². The van der Waals surface area contributed by atoms with Gasteiger partial charge in [0.1, 0.15) is 0 Å². The van der Waals surface area contributed by atoms with Gasteiger partial charge in [-0.05, 0) is 36.9 Å².